The fourth-order valence-corrected chi connectivity index (χ4v) is 3.16. The zero-order valence-corrected chi connectivity index (χ0v) is 12.7. The van der Waals surface area contributed by atoms with Crippen LogP contribution < -0.4 is 5.32 Å². The third-order valence-corrected chi connectivity index (χ3v) is 4.27. The molecule has 0 aliphatic heterocycles. The zero-order chi connectivity index (χ0) is 15.6. The number of hydrogen-bond donors (Lipinski definition) is 2. The minimum absolute atomic E-state index is 0.0755. The highest BCUT2D eigenvalue weighted by molar-refractivity contribution is 5.80. The van der Waals surface area contributed by atoms with Gasteiger partial charge in [0.1, 0.15) is 5.76 Å². The molecule has 1 aliphatic rings. The van der Waals surface area contributed by atoms with Gasteiger partial charge in [-0.05, 0) is 40.0 Å². The summed E-state index contributed by atoms with van der Waals surface area (Å²) >= 11 is 0. The van der Waals surface area contributed by atoms with Crippen molar-refractivity contribution in [3.8, 4) is 0 Å². The largest absolute Gasteiger partial charge is 0.481 e. The normalized spacial score (nSPS) is 23.6. The Morgan fingerprint density at radius 1 is 1.33 bits per heavy atom. The van der Waals surface area contributed by atoms with Gasteiger partial charge in [0.15, 0.2) is 0 Å². The number of rotatable bonds is 4. The van der Waals surface area contributed by atoms with Crippen molar-refractivity contribution in [2.24, 2.45) is 11.8 Å². The summed E-state index contributed by atoms with van der Waals surface area (Å²) < 4.78 is 5.11. The summed E-state index contributed by atoms with van der Waals surface area (Å²) in [5, 5.41) is 15.9. The van der Waals surface area contributed by atoms with Gasteiger partial charge in [-0.2, -0.15) is 0 Å². The Balaban J connectivity index is 1.99. The Morgan fingerprint density at radius 2 is 2.00 bits per heavy atom. The van der Waals surface area contributed by atoms with Crippen LogP contribution in [0.15, 0.2) is 4.52 Å². The monoisotopic (exact) mass is 294 g/mol. The molecule has 0 bridgehead atoms. The fraction of sp³-hybridized carbons (Fsp3) is 0.667. The van der Waals surface area contributed by atoms with E-state index in [2.05, 4.69) is 10.5 Å². The smallest absolute Gasteiger partial charge is 0.306 e. The summed E-state index contributed by atoms with van der Waals surface area (Å²) in [7, 11) is 0. The molecular weight excluding hydrogens is 272 g/mol. The first-order chi connectivity index (χ1) is 9.90. The summed E-state index contributed by atoms with van der Waals surface area (Å²) in [4.78, 5) is 23.4. The SMILES string of the molecule is Cc1noc(C)c1[C@H](C)NC(=O)[C@H]1CCC[C@@H](C(=O)O)C1. The molecule has 1 heterocycles. The molecule has 6 nitrogen and oxygen atoms in total. The molecule has 6 heteroatoms. The van der Waals surface area contributed by atoms with E-state index in [1.54, 1.807) is 0 Å². The molecule has 116 valence electrons. The molecule has 1 aromatic rings. The van der Waals surface area contributed by atoms with Crippen LogP contribution in [0.25, 0.3) is 0 Å². The van der Waals surface area contributed by atoms with Gasteiger partial charge in [0.25, 0.3) is 0 Å². The molecule has 0 unspecified atom stereocenters. The maximum Gasteiger partial charge on any atom is 0.306 e. The van der Waals surface area contributed by atoms with E-state index in [0.29, 0.717) is 18.6 Å². The molecular formula is C15H22N2O4. The van der Waals surface area contributed by atoms with Crippen molar-refractivity contribution >= 4 is 11.9 Å². The van der Waals surface area contributed by atoms with Gasteiger partial charge < -0.3 is 14.9 Å². The van der Waals surface area contributed by atoms with Gasteiger partial charge in [-0.25, -0.2) is 0 Å². The Bertz CT molecular complexity index is 518. The van der Waals surface area contributed by atoms with Crippen LogP contribution in [0.2, 0.25) is 0 Å². The third kappa shape index (κ3) is 3.43. The highest BCUT2D eigenvalue weighted by Gasteiger charge is 2.32. The zero-order valence-electron chi connectivity index (χ0n) is 12.7. The Morgan fingerprint density at radius 3 is 2.57 bits per heavy atom. The molecule has 0 radical (unpaired) electrons. The van der Waals surface area contributed by atoms with Crippen LogP contribution in [0.1, 0.15) is 55.7 Å². The topological polar surface area (TPSA) is 92.4 Å². The number of aryl methyl sites for hydroxylation is 2. The first-order valence-corrected chi connectivity index (χ1v) is 7.36. The van der Waals surface area contributed by atoms with Crippen LogP contribution in [0, 0.1) is 25.7 Å². The Kier molecular flexibility index (Phi) is 4.65. The summed E-state index contributed by atoms with van der Waals surface area (Å²) in [6, 6.07) is -0.186. The average Bonchev–Trinajstić information content (AvgIpc) is 2.78. The van der Waals surface area contributed by atoms with Gasteiger partial charge in [-0.1, -0.05) is 11.6 Å². The first-order valence-electron chi connectivity index (χ1n) is 7.36. The second-order valence-corrected chi connectivity index (χ2v) is 5.87. The van der Waals surface area contributed by atoms with Gasteiger partial charge in [-0.3, -0.25) is 9.59 Å². The van der Waals surface area contributed by atoms with E-state index in [1.807, 2.05) is 20.8 Å². The minimum atomic E-state index is -0.800. The molecule has 0 aromatic carbocycles. The van der Waals surface area contributed by atoms with E-state index in [4.69, 9.17) is 9.63 Å². The molecule has 1 fully saturated rings. The molecule has 3 atom stereocenters. The van der Waals surface area contributed by atoms with Gasteiger partial charge >= 0.3 is 5.97 Å². The lowest BCUT2D eigenvalue weighted by atomic mass is 9.81. The van der Waals surface area contributed by atoms with Crippen LogP contribution in [0.3, 0.4) is 0 Å². The van der Waals surface area contributed by atoms with Crippen LogP contribution in [-0.2, 0) is 9.59 Å². The van der Waals surface area contributed by atoms with Crippen LogP contribution in [0.5, 0.6) is 0 Å². The van der Waals surface area contributed by atoms with Crippen molar-refractivity contribution in [3.05, 3.63) is 17.0 Å². The first kappa shape index (κ1) is 15.5. The van der Waals surface area contributed by atoms with Gasteiger partial charge in [-0.15, -0.1) is 0 Å². The van der Waals surface area contributed by atoms with E-state index >= 15 is 0 Å². The van der Waals surface area contributed by atoms with Crippen LogP contribution in [0.4, 0.5) is 0 Å². The van der Waals surface area contributed by atoms with Crippen molar-refractivity contribution < 1.29 is 19.2 Å². The Hall–Kier alpha value is -1.85. The number of amides is 1. The lowest BCUT2D eigenvalue weighted by Crippen LogP contribution is -2.36. The summed E-state index contributed by atoms with van der Waals surface area (Å²) in [5.41, 5.74) is 1.67. The molecule has 21 heavy (non-hydrogen) atoms. The van der Waals surface area contributed by atoms with Crippen LogP contribution in [-0.4, -0.2) is 22.1 Å². The average molecular weight is 294 g/mol. The second kappa shape index (κ2) is 6.28. The number of nitrogens with one attached hydrogen (secondary N) is 1. The van der Waals surface area contributed by atoms with Gasteiger partial charge in [0, 0.05) is 11.5 Å². The molecule has 1 aliphatic carbocycles. The maximum absolute atomic E-state index is 12.3. The third-order valence-electron chi connectivity index (χ3n) is 4.27. The number of carboxylic acid groups (broad SMARTS) is 1. The van der Waals surface area contributed by atoms with Crippen molar-refractivity contribution in [1.82, 2.24) is 10.5 Å². The molecule has 2 N–H and O–H groups in total. The summed E-state index contributed by atoms with van der Waals surface area (Å²) in [6.45, 7) is 5.55. The molecule has 0 spiro atoms. The van der Waals surface area contributed by atoms with E-state index in [0.717, 1.165) is 24.1 Å². The van der Waals surface area contributed by atoms with E-state index in [-0.39, 0.29) is 17.9 Å². The number of carbonyl (C=O) groups excluding carboxylic acids is 1. The molecule has 1 saturated carbocycles. The maximum atomic E-state index is 12.3. The number of aliphatic carboxylic acids is 1. The number of hydrogen-bond acceptors (Lipinski definition) is 4. The summed E-state index contributed by atoms with van der Waals surface area (Å²) in [5.74, 6) is -0.793. The van der Waals surface area contributed by atoms with Crippen molar-refractivity contribution in [1.29, 1.82) is 0 Å². The van der Waals surface area contributed by atoms with Crippen molar-refractivity contribution in [2.45, 2.75) is 52.5 Å². The highest BCUT2D eigenvalue weighted by atomic mass is 16.5. The fourth-order valence-electron chi connectivity index (χ4n) is 3.16. The number of carboxylic acids is 1. The second-order valence-electron chi connectivity index (χ2n) is 5.87. The molecule has 1 aromatic heterocycles. The van der Waals surface area contributed by atoms with E-state index in [9.17, 15) is 9.59 Å². The standard InChI is InChI=1S/C15H22N2O4/c1-8(13-9(2)17-21-10(13)3)16-14(18)11-5-4-6-12(7-11)15(19)20/h8,11-12H,4-7H2,1-3H3,(H,16,18)(H,19,20)/t8-,11-,12+/m0/s1. The Labute approximate surface area is 123 Å². The predicted octanol–water partition coefficient (Wildman–Crippen LogP) is 2.36. The number of nitrogens with zero attached hydrogens (tertiary/aromatic N) is 1. The van der Waals surface area contributed by atoms with E-state index in [1.165, 1.54) is 0 Å². The quantitative estimate of drug-likeness (QED) is 0.889. The predicted molar refractivity (Wildman–Crippen MR) is 75.6 cm³/mol. The van der Waals surface area contributed by atoms with E-state index < -0.39 is 11.9 Å². The van der Waals surface area contributed by atoms with Crippen molar-refractivity contribution in [2.75, 3.05) is 0 Å². The van der Waals surface area contributed by atoms with Crippen LogP contribution >= 0.6 is 0 Å². The number of carbonyl (C=O) groups is 2. The molecule has 0 saturated heterocycles. The van der Waals surface area contributed by atoms with Gasteiger partial charge in [0.05, 0.1) is 17.7 Å². The molecule has 1 amide bonds. The van der Waals surface area contributed by atoms with Crippen molar-refractivity contribution in [3.63, 3.8) is 0 Å². The number of aromatic nitrogens is 1. The van der Waals surface area contributed by atoms with Gasteiger partial charge in [0.2, 0.25) is 5.91 Å². The highest BCUT2D eigenvalue weighted by Crippen LogP contribution is 2.30. The summed E-state index contributed by atoms with van der Waals surface area (Å²) in [6.07, 6.45) is 2.63. The molecule has 2 rings (SSSR count). The lowest BCUT2D eigenvalue weighted by molar-refractivity contribution is -0.144. The minimum Gasteiger partial charge on any atom is -0.481 e. The lowest BCUT2D eigenvalue weighted by Gasteiger charge is -2.27.